The van der Waals surface area contributed by atoms with Gasteiger partial charge in [-0.2, -0.15) is 0 Å². The Labute approximate surface area is 125 Å². The van der Waals surface area contributed by atoms with E-state index in [9.17, 15) is 0 Å². The number of ether oxygens (including phenoxy) is 2. The summed E-state index contributed by atoms with van der Waals surface area (Å²) in [4.78, 5) is 4.71. The van der Waals surface area contributed by atoms with Gasteiger partial charge in [-0.05, 0) is 53.9 Å². The van der Waals surface area contributed by atoms with Gasteiger partial charge in [0.25, 0.3) is 0 Å². The second-order valence-electron chi connectivity index (χ2n) is 5.11. The molecule has 0 amide bonds. The van der Waals surface area contributed by atoms with Crippen molar-refractivity contribution in [2.75, 3.05) is 20.8 Å². The van der Waals surface area contributed by atoms with Gasteiger partial charge in [-0.25, -0.2) is 0 Å². The minimum Gasteiger partial charge on any atom is -0.497 e. The molecule has 3 nitrogen and oxygen atoms in total. The number of methoxy groups -OCH3 is 2. The first-order chi connectivity index (χ1) is 10.3. The van der Waals surface area contributed by atoms with E-state index in [2.05, 4.69) is 24.3 Å². The molecule has 21 heavy (non-hydrogen) atoms. The van der Waals surface area contributed by atoms with E-state index in [-0.39, 0.29) is 0 Å². The maximum absolute atomic E-state index is 5.22. The minimum absolute atomic E-state index is 0.365. The highest BCUT2D eigenvalue weighted by atomic mass is 16.5. The molecular formula is C18H19NO2. The topological polar surface area (TPSA) is 30.8 Å². The van der Waals surface area contributed by atoms with E-state index in [1.807, 2.05) is 24.3 Å². The molecule has 0 aliphatic carbocycles. The average molecular weight is 281 g/mol. The molecule has 1 aliphatic rings. The van der Waals surface area contributed by atoms with E-state index >= 15 is 0 Å². The van der Waals surface area contributed by atoms with E-state index in [0.29, 0.717) is 5.92 Å². The lowest BCUT2D eigenvalue weighted by molar-refractivity contribution is 0.414. The largest absolute Gasteiger partial charge is 0.497 e. The highest BCUT2D eigenvalue weighted by molar-refractivity contribution is 6.06. The van der Waals surface area contributed by atoms with Crippen LogP contribution in [0.2, 0.25) is 0 Å². The van der Waals surface area contributed by atoms with Crippen molar-refractivity contribution >= 4 is 5.71 Å². The van der Waals surface area contributed by atoms with Crippen LogP contribution < -0.4 is 9.47 Å². The Morgan fingerprint density at radius 3 is 2.00 bits per heavy atom. The summed E-state index contributed by atoms with van der Waals surface area (Å²) in [6, 6.07) is 16.4. The van der Waals surface area contributed by atoms with Crippen LogP contribution in [-0.2, 0) is 0 Å². The van der Waals surface area contributed by atoms with Crippen molar-refractivity contribution in [2.24, 2.45) is 4.99 Å². The van der Waals surface area contributed by atoms with Gasteiger partial charge in [0.1, 0.15) is 11.5 Å². The van der Waals surface area contributed by atoms with Crippen LogP contribution in [0.25, 0.3) is 0 Å². The molecule has 0 unspecified atom stereocenters. The molecule has 0 spiro atoms. The summed E-state index contributed by atoms with van der Waals surface area (Å²) >= 11 is 0. The van der Waals surface area contributed by atoms with Crippen LogP contribution in [-0.4, -0.2) is 26.5 Å². The molecule has 0 N–H and O–H groups in total. The molecule has 2 aromatic rings. The summed E-state index contributed by atoms with van der Waals surface area (Å²) in [6.07, 6.45) is 1.06. The Balaban J connectivity index is 1.86. The Bertz CT molecular complexity index is 629. The van der Waals surface area contributed by atoms with Crippen LogP contribution in [0, 0.1) is 0 Å². The molecule has 0 bridgehead atoms. The van der Waals surface area contributed by atoms with Crippen LogP contribution in [0.3, 0.4) is 0 Å². The smallest absolute Gasteiger partial charge is 0.118 e. The standard InChI is InChI=1S/C18H19NO2/c1-20-15-7-3-13(4-8-15)17-11-12-19-18(17)14-5-9-16(21-2)10-6-14/h3-10,17H,11-12H2,1-2H3/t17-/m1/s1. The average Bonchev–Trinajstić information content (AvgIpc) is 3.04. The first kappa shape index (κ1) is 13.7. The van der Waals surface area contributed by atoms with E-state index in [4.69, 9.17) is 14.5 Å². The number of aliphatic imine (C=N–C) groups is 1. The van der Waals surface area contributed by atoms with Gasteiger partial charge < -0.3 is 9.47 Å². The van der Waals surface area contributed by atoms with Crippen LogP contribution in [0.5, 0.6) is 11.5 Å². The van der Waals surface area contributed by atoms with Crippen molar-refractivity contribution in [1.82, 2.24) is 0 Å². The number of rotatable bonds is 4. The predicted molar refractivity (Wildman–Crippen MR) is 84.8 cm³/mol. The lowest BCUT2D eigenvalue weighted by Gasteiger charge is -2.14. The molecule has 2 aromatic carbocycles. The van der Waals surface area contributed by atoms with Gasteiger partial charge in [-0.1, -0.05) is 12.1 Å². The molecule has 0 saturated heterocycles. The third-order valence-electron chi connectivity index (χ3n) is 3.93. The van der Waals surface area contributed by atoms with Crippen LogP contribution in [0.15, 0.2) is 53.5 Å². The first-order valence-electron chi connectivity index (χ1n) is 7.14. The second-order valence-corrected chi connectivity index (χ2v) is 5.11. The zero-order chi connectivity index (χ0) is 14.7. The summed E-state index contributed by atoms with van der Waals surface area (Å²) in [7, 11) is 3.37. The van der Waals surface area contributed by atoms with Crippen molar-refractivity contribution < 1.29 is 9.47 Å². The van der Waals surface area contributed by atoms with Gasteiger partial charge >= 0.3 is 0 Å². The zero-order valence-corrected chi connectivity index (χ0v) is 12.4. The van der Waals surface area contributed by atoms with Crippen molar-refractivity contribution in [1.29, 1.82) is 0 Å². The third kappa shape index (κ3) is 2.77. The predicted octanol–water partition coefficient (Wildman–Crippen LogP) is 3.68. The van der Waals surface area contributed by atoms with E-state index < -0.39 is 0 Å². The monoisotopic (exact) mass is 281 g/mol. The lowest BCUT2D eigenvalue weighted by atomic mass is 9.89. The molecule has 0 fully saturated rings. The highest BCUT2D eigenvalue weighted by Crippen LogP contribution is 2.31. The Morgan fingerprint density at radius 2 is 1.43 bits per heavy atom. The Kier molecular flexibility index (Phi) is 3.91. The molecular weight excluding hydrogens is 262 g/mol. The van der Waals surface area contributed by atoms with Gasteiger partial charge in [-0.3, -0.25) is 4.99 Å². The fourth-order valence-corrected chi connectivity index (χ4v) is 2.78. The number of nitrogens with zero attached hydrogens (tertiary/aromatic N) is 1. The molecule has 1 heterocycles. The molecule has 1 atom stereocenters. The molecule has 0 saturated carbocycles. The summed E-state index contributed by atoms with van der Waals surface area (Å²) < 4.78 is 10.4. The summed E-state index contributed by atoms with van der Waals surface area (Å²) in [6.45, 7) is 0.887. The third-order valence-corrected chi connectivity index (χ3v) is 3.93. The first-order valence-corrected chi connectivity index (χ1v) is 7.14. The number of hydrogen-bond donors (Lipinski definition) is 0. The summed E-state index contributed by atoms with van der Waals surface area (Å²) in [5.41, 5.74) is 3.64. The van der Waals surface area contributed by atoms with Crippen molar-refractivity contribution in [3.63, 3.8) is 0 Å². The zero-order valence-electron chi connectivity index (χ0n) is 12.4. The SMILES string of the molecule is COc1ccc(C2=NCC[C@@H]2c2ccc(OC)cc2)cc1. The quantitative estimate of drug-likeness (QED) is 0.856. The normalized spacial score (nSPS) is 17.4. The van der Waals surface area contributed by atoms with Crippen LogP contribution >= 0.6 is 0 Å². The molecule has 108 valence electrons. The molecule has 3 heteroatoms. The number of benzene rings is 2. The lowest BCUT2D eigenvalue weighted by Crippen LogP contribution is -2.09. The van der Waals surface area contributed by atoms with Crippen molar-refractivity contribution in [3.8, 4) is 11.5 Å². The van der Waals surface area contributed by atoms with Gasteiger partial charge in [0.05, 0.1) is 14.2 Å². The van der Waals surface area contributed by atoms with E-state index in [1.54, 1.807) is 14.2 Å². The molecule has 3 rings (SSSR count). The van der Waals surface area contributed by atoms with Gasteiger partial charge in [0, 0.05) is 18.2 Å². The molecule has 1 aliphatic heterocycles. The Hall–Kier alpha value is -2.29. The number of hydrogen-bond acceptors (Lipinski definition) is 3. The van der Waals surface area contributed by atoms with Gasteiger partial charge in [-0.15, -0.1) is 0 Å². The maximum atomic E-state index is 5.22. The fourth-order valence-electron chi connectivity index (χ4n) is 2.78. The minimum atomic E-state index is 0.365. The Morgan fingerprint density at radius 1 is 0.857 bits per heavy atom. The highest BCUT2D eigenvalue weighted by Gasteiger charge is 2.24. The van der Waals surface area contributed by atoms with Gasteiger partial charge in [0.2, 0.25) is 0 Å². The van der Waals surface area contributed by atoms with Crippen LogP contribution in [0.4, 0.5) is 0 Å². The molecule has 0 aromatic heterocycles. The maximum Gasteiger partial charge on any atom is 0.118 e. The van der Waals surface area contributed by atoms with Crippen molar-refractivity contribution in [3.05, 3.63) is 59.7 Å². The summed E-state index contributed by atoms with van der Waals surface area (Å²) in [5, 5.41) is 0. The van der Waals surface area contributed by atoms with Crippen LogP contribution in [0.1, 0.15) is 23.5 Å². The fraction of sp³-hybridized carbons (Fsp3) is 0.278. The summed E-state index contributed by atoms with van der Waals surface area (Å²) in [5.74, 6) is 2.13. The second kappa shape index (κ2) is 6.00. The van der Waals surface area contributed by atoms with E-state index in [0.717, 1.165) is 24.5 Å². The van der Waals surface area contributed by atoms with Crippen molar-refractivity contribution in [2.45, 2.75) is 12.3 Å². The molecule has 0 radical (unpaired) electrons. The van der Waals surface area contributed by atoms with Gasteiger partial charge in [0.15, 0.2) is 0 Å². The van der Waals surface area contributed by atoms with E-state index in [1.165, 1.54) is 16.8 Å².